The highest BCUT2D eigenvalue weighted by molar-refractivity contribution is 6.00. The highest BCUT2D eigenvalue weighted by Crippen LogP contribution is 2.20. The Morgan fingerprint density at radius 3 is 1.16 bits per heavy atom. The standard InChI is InChI=1S/C42H74N4O4/c1-6-11-15-17-19-21-25-35(23-13-8-3)39(47)43-27-29-45-41(49)37-31-34(10-5)32-38(33-37)42(50)46-30-28-44-40(48)36(24-14-9-4)26-22-20-18-16-12-7-2/h31-33,35-36H,6-30H2,1-5H3,(H,43,47)(H,44,48)(H,45,49)(H,46,50). The van der Waals surface area contributed by atoms with Crippen LogP contribution in [0.4, 0.5) is 0 Å². The van der Waals surface area contributed by atoms with Crippen LogP contribution in [0.1, 0.15) is 189 Å². The zero-order valence-electron chi connectivity index (χ0n) is 32.7. The van der Waals surface area contributed by atoms with E-state index in [-0.39, 0.29) is 35.5 Å². The molecule has 1 aromatic rings. The first-order valence-corrected chi connectivity index (χ1v) is 20.6. The molecule has 0 radical (unpaired) electrons. The Bertz CT molecular complexity index is 998. The van der Waals surface area contributed by atoms with Crippen LogP contribution < -0.4 is 21.3 Å². The number of hydrogen-bond donors (Lipinski definition) is 4. The molecule has 0 aliphatic carbocycles. The summed E-state index contributed by atoms with van der Waals surface area (Å²) < 4.78 is 0. The molecule has 0 bridgehead atoms. The van der Waals surface area contributed by atoms with E-state index >= 15 is 0 Å². The second kappa shape index (κ2) is 29.8. The molecule has 0 fully saturated rings. The lowest BCUT2D eigenvalue weighted by Gasteiger charge is -2.17. The van der Waals surface area contributed by atoms with Crippen LogP contribution in [0.5, 0.6) is 0 Å². The predicted molar refractivity (Wildman–Crippen MR) is 209 cm³/mol. The van der Waals surface area contributed by atoms with E-state index in [1.54, 1.807) is 6.07 Å². The predicted octanol–water partition coefficient (Wildman–Crippen LogP) is 9.06. The SMILES string of the molecule is CCCCCCCCC(CCCC)C(=O)NCCNC(=O)c1cc(CC)cc(C(=O)NCCNC(=O)C(CCCC)CCCCCCCC)c1. The number of nitrogens with one attached hydrogen (secondary N) is 4. The van der Waals surface area contributed by atoms with Gasteiger partial charge < -0.3 is 21.3 Å². The first kappa shape index (κ1) is 45.1. The van der Waals surface area contributed by atoms with Gasteiger partial charge in [0.15, 0.2) is 0 Å². The van der Waals surface area contributed by atoms with Crippen LogP contribution in [0.15, 0.2) is 18.2 Å². The second-order valence-corrected chi connectivity index (χ2v) is 14.2. The number of rotatable bonds is 31. The van der Waals surface area contributed by atoms with E-state index in [9.17, 15) is 19.2 Å². The molecule has 8 heteroatoms. The third kappa shape index (κ3) is 20.7. The van der Waals surface area contributed by atoms with Crippen LogP contribution in [-0.4, -0.2) is 49.8 Å². The summed E-state index contributed by atoms with van der Waals surface area (Å²) in [7, 11) is 0. The van der Waals surface area contributed by atoms with E-state index in [2.05, 4.69) is 49.0 Å². The quantitative estimate of drug-likeness (QED) is 0.0579. The van der Waals surface area contributed by atoms with E-state index in [0.717, 1.165) is 69.8 Å². The zero-order valence-corrected chi connectivity index (χ0v) is 32.7. The molecule has 0 saturated heterocycles. The molecule has 1 aromatic carbocycles. The highest BCUT2D eigenvalue weighted by atomic mass is 16.2. The maximum absolute atomic E-state index is 13.1. The molecule has 286 valence electrons. The summed E-state index contributed by atoms with van der Waals surface area (Å²) in [5, 5.41) is 11.9. The summed E-state index contributed by atoms with van der Waals surface area (Å²) in [5.41, 5.74) is 1.74. The number of aryl methyl sites for hydroxylation is 1. The fraction of sp³-hybridized carbons (Fsp3) is 0.762. The topological polar surface area (TPSA) is 116 Å². The third-order valence-electron chi connectivity index (χ3n) is 9.71. The summed E-state index contributed by atoms with van der Waals surface area (Å²) >= 11 is 0. The van der Waals surface area contributed by atoms with Crippen LogP contribution in [0.25, 0.3) is 0 Å². The van der Waals surface area contributed by atoms with Crippen molar-refractivity contribution in [2.75, 3.05) is 26.2 Å². The van der Waals surface area contributed by atoms with Crippen molar-refractivity contribution in [2.45, 2.75) is 169 Å². The van der Waals surface area contributed by atoms with Crippen molar-refractivity contribution in [3.05, 3.63) is 34.9 Å². The zero-order chi connectivity index (χ0) is 36.8. The number of carbonyl (C=O) groups excluding carboxylic acids is 4. The fourth-order valence-corrected chi connectivity index (χ4v) is 6.43. The van der Waals surface area contributed by atoms with Gasteiger partial charge in [0.05, 0.1) is 0 Å². The number of carbonyl (C=O) groups is 4. The van der Waals surface area contributed by atoms with Crippen molar-refractivity contribution in [1.82, 2.24) is 21.3 Å². The molecular formula is C42H74N4O4. The summed E-state index contributed by atoms with van der Waals surface area (Å²) in [6, 6.07) is 5.24. The highest BCUT2D eigenvalue weighted by Gasteiger charge is 2.19. The maximum atomic E-state index is 13.1. The third-order valence-corrected chi connectivity index (χ3v) is 9.71. The van der Waals surface area contributed by atoms with Crippen molar-refractivity contribution < 1.29 is 19.2 Å². The van der Waals surface area contributed by atoms with Gasteiger partial charge in [0, 0.05) is 49.1 Å². The minimum Gasteiger partial charge on any atom is -0.354 e. The normalized spacial score (nSPS) is 12.3. The lowest BCUT2D eigenvalue weighted by molar-refractivity contribution is -0.126. The molecule has 1 rings (SSSR count). The molecule has 4 N–H and O–H groups in total. The molecule has 0 saturated carbocycles. The Morgan fingerprint density at radius 2 is 0.780 bits per heavy atom. The minimum absolute atomic E-state index is 0.0278. The smallest absolute Gasteiger partial charge is 0.251 e. The van der Waals surface area contributed by atoms with Gasteiger partial charge in [-0.1, -0.05) is 137 Å². The number of unbranched alkanes of at least 4 members (excludes halogenated alkanes) is 12. The van der Waals surface area contributed by atoms with Crippen molar-refractivity contribution in [3.8, 4) is 0 Å². The van der Waals surface area contributed by atoms with E-state index in [4.69, 9.17) is 0 Å². The summed E-state index contributed by atoms with van der Waals surface area (Å²) in [5.74, 6) is -0.319. The Balaban J connectivity index is 2.57. The van der Waals surface area contributed by atoms with Gasteiger partial charge in [-0.25, -0.2) is 0 Å². The molecule has 0 aliphatic rings. The average Bonchev–Trinajstić information content (AvgIpc) is 3.13. The Morgan fingerprint density at radius 1 is 0.440 bits per heavy atom. The fourth-order valence-electron chi connectivity index (χ4n) is 6.43. The lowest BCUT2D eigenvalue weighted by atomic mass is 9.94. The molecule has 4 amide bonds. The largest absolute Gasteiger partial charge is 0.354 e. The number of hydrogen-bond acceptors (Lipinski definition) is 4. The first-order chi connectivity index (χ1) is 24.3. The van der Waals surface area contributed by atoms with Gasteiger partial charge in [-0.05, 0) is 55.9 Å². The van der Waals surface area contributed by atoms with Crippen molar-refractivity contribution in [2.24, 2.45) is 11.8 Å². The molecule has 50 heavy (non-hydrogen) atoms. The van der Waals surface area contributed by atoms with Crippen LogP contribution in [0.3, 0.4) is 0 Å². The molecular weight excluding hydrogens is 624 g/mol. The van der Waals surface area contributed by atoms with E-state index in [0.29, 0.717) is 43.7 Å². The molecule has 0 spiro atoms. The van der Waals surface area contributed by atoms with Crippen LogP contribution in [-0.2, 0) is 16.0 Å². The molecule has 0 aromatic heterocycles. The average molecular weight is 699 g/mol. The molecule has 8 nitrogen and oxygen atoms in total. The van der Waals surface area contributed by atoms with Gasteiger partial charge in [-0.3, -0.25) is 19.2 Å². The number of amides is 4. The van der Waals surface area contributed by atoms with E-state index in [1.165, 1.54) is 64.2 Å². The van der Waals surface area contributed by atoms with Crippen molar-refractivity contribution in [1.29, 1.82) is 0 Å². The molecule has 0 heterocycles. The van der Waals surface area contributed by atoms with Crippen molar-refractivity contribution in [3.63, 3.8) is 0 Å². The summed E-state index contributed by atoms with van der Waals surface area (Å²) in [4.78, 5) is 52.0. The van der Waals surface area contributed by atoms with Gasteiger partial charge in [-0.2, -0.15) is 0 Å². The minimum atomic E-state index is -0.269. The van der Waals surface area contributed by atoms with E-state index in [1.807, 2.05) is 19.1 Å². The number of benzene rings is 1. The van der Waals surface area contributed by atoms with Crippen molar-refractivity contribution >= 4 is 23.6 Å². The second-order valence-electron chi connectivity index (χ2n) is 14.2. The van der Waals surface area contributed by atoms with Gasteiger partial charge >= 0.3 is 0 Å². The van der Waals surface area contributed by atoms with Gasteiger partial charge in [0.1, 0.15) is 0 Å². The summed E-state index contributed by atoms with van der Waals surface area (Å²) in [6.07, 6.45) is 23.1. The Kier molecular flexibility index (Phi) is 26.9. The molecule has 0 aliphatic heterocycles. The van der Waals surface area contributed by atoms with Crippen LogP contribution in [0.2, 0.25) is 0 Å². The lowest BCUT2D eigenvalue weighted by Crippen LogP contribution is -2.38. The first-order valence-electron chi connectivity index (χ1n) is 20.6. The Labute approximate surface area is 305 Å². The summed E-state index contributed by atoms with van der Waals surface area (Å²) in [6.45, 7) is 12.1. The van der Waals surface area contributed by atoms with Gasteiger partial charge in [0.25, 0.3) is 11.8 Å². The maximum Gasteiger partial charge on any atom is 0.251 e. The van der Waals surface area contributed by atoms with Gasteiger partial charge in [-0.15, -0.1) is 0 Å². The monoisotopic (exact) mass is 699 g/mol. The van der Waals surface area contributed by atoms with Gasteiger partial charge in [0.2, 0.25) is 11.8 Å². The molecule has 2 atom stereocenters. The molecule has 2 unspecified atom stereocenters. The van der Waals surface area contributed by atoms with E-state index < -0.39 is 0 Å². The Hall–Kier alpha value is -2.90. The van der Waals surface area contributed by atoms with Crippen LogP contribution >= 0.6 is 0 Å². The van der Waals surface area contributed by atoms with Crippen LogP contribution in [0, 0.1) is 11.8 Å².